The van der Waals surface area contributed by atoms with Gasteiger partial charge in [0.25, 0.3) is 0 Å². The zero-order valence-corrected chi connectivity index (χ0v) is 20.3. The van der Waals surface area contributed by atoms with Crippen molar-refractivity contribution in [2.24, 2.45) is 0 Å². The molecule has 0 bridgehead atoms. The minimum Gasteiger partial charge on any atom is -1.00 e. The van der Waals surface area contributed by atoms with Gasteiger partial charge >= 0.3 is 35.5 Å². The fourth-order valence-electron chi connectivity index (χ4n) is 2.96. The van der Waals surface area contributed by atoms with Gasteiger partial charge in [-0.25, -0.2) is 4.79 Å². The van der Waals surface area contributed by atoms with Gasteiger partial charge in [0.2, 0.25) is 0 Å². The van der Waals surface area contributed by atoms with Crippen molar-refractivity contribution < 1.29 is 102 Å². The van der Waals surface area contributed by atoms with Crippen LogP contribution in [-0.4, -0.2) is 146 Å². The summed E-state index contributed by atoms with van der Waals surface area (Å²) in [5.74, 6) is -1.96. The molecule has 0 aromatic heterocycles. The molecule has 0 rings (SSSR count). The van der Waals surface area contributed by atoms with E-state index in [1.165, 1.54) is 0 Å². The molecular formula is C18H37NaO14. The fraction of sp³-hybridized carbons (Fsp3) is 0.944. The Morgan fingerprint density at radius 1 is 0.545 bits per heavy atom. The second-order valence-electron chi connectivity index (χ2n) is 7.69. The number of carboxylic acids is 1. The average molecular weight is 500 g/mol. The van der Waals surface area contributed by atoms with Crippen molar-refractivity contribution in [2.75, 3.05) is 6.61 Å². The molecule has 0 radical (unpaired) electrons. The van der Waals surface area contributed by atoms with Crippen molar-refractivity contribution in [2.45, 2.75) is 99.2 Å². The van der Waals surface area contributed by atoms with E-state index in [0.717, 1.165) is 0 Å². The third-order valence-corrected chi connectivity index (χ3v) is 5.18. The average Bonchev–Trinajstić information content (AvgIpc) is 2.78. The molecular weight excluding hydrogens is 463 g/mol. The topological polar surface area (TPSA) is 280 Å². The van der Waals surface area contributed by atoms with Gasteiger partial charge in [-0.05, 0) is 12.8 Å². The molecule has 0 aliphatic carbocycles. The molecule has 0 amide bonds. The first-order valence-corrected chi connectivity index (χ1v) is 10.1. The van der Waals surface area contributed by atoms with E-state index in [-0.39, 0.29) is 44.0 Å². The van der Waals surface area contributed by atoms with E-state index in [2.05, 4.69) is 0 Å². The van der Waals surface area contributed by atoms with Crippen molar-refractivity contribution >= 4 is 5.97 Å². The largest absolute Gasteiger partial charge is 1.00 e. The van der Waals surface area contributed by atoms with Crippen LogP contribution >= 0.6 is 0 Å². The number of unbranched alkanes of at least 4 members (excludes halogenated alkanes) is 3. The van der Waals surface area contributed by atoms with Crippen LogP contribution in [0.15, 0.2) is 0 Å². The van der Waals surface area contributed by atoms with Crippen LogP contribution in [0.25, 0.3) is 0 Å². The zero-order valence-electron chi connectivity index (χ0n) is 19.3. The Labute approximate surface area is 213 Å². The molecule has 15 heteroatoms. The Kier molecular flexibility index (Phi) is 18.6. The maximum atomic E-state index is 10.6. The molecule has 33 heavy (non-hydrogen) atoms. The first-order valence-electron chi connectivity index (χ1n) is 10.1. The standard InChI is InChI=1S/C18H36O14.Na.H/c19-6-4-2-1-3-5-7(20)8(21)9(22)10(23)11(24)12(25)13(26)14(27)15(28)16(29)17(30)18(31)32;;/h7-17,19-30H,1-6H2,(H,31,32);;/q;+1;-1. The number of rotatable bonds is 17. The molecule has 0 saturated carbocycles. The predicted octanol–water partition coefficient (Wildman–Crippen LogP) is -8.90. The molecule has 0 aromatic rings. The predicted molar refractivity (Wildman–Crippen MR) is 105 cm³/mol. The van der Waals surface area contributed by atoms with Crippen molar-refractivity contribution in [3.05, 3.63) is 0 Å². The summed E-state index contributed by atoms with van der Waals surface area (Å²) in [6.45, 7) is 0.00692. The minimum atomic E-state index is -2.55. The molecule has 13 N–H and O–H groups in total. The molecule has 0 aliphatic rings. The van der Waals surface area contributed by atoms with Crippen LogP contribution in [-0.2, 0) is 4.79 Å². The van der Waals surface area contributed by atoms with Gasteiger partial charge in [-0.2, -0.15) is 0 Å². The number of aliphatic hydroxyl groups excluding tert-OH is 12. The summed E-state index contributed by atoms with van der Waals surface area (Å²) in [4.78, 5) is 10.6. The molecule has 14 nitrogen and oxygen atoms in total. The van der Waals surface area contributed by atoms with E-state index in [1.54, 1.807) is 0 Å². The van der Waals surface area contributed by atoms with Gasteiger partial charge < -0.3 is 67.8 Å². The molecule has 0 fully saturated rings. The van der Waals surface area contributed by atoms with Gasteiger partial charge in [-0.15, -0.1) is 0 Å². The van der Waals surface area contributed by atoms with Gasteiger partial charge in [0.1, 0.15) is 54.9 Å². The molecule has 0 spiro atoms. The van der Waals surface area contributed by atoms with E-state index in [1.807, 2.05) is 0 Å². The third kappa shape index (κ3) is 11.1. The van der Waals surface area contributed by atoms with Crippen LogP contribution in [0, 0.1) is 0 Å². The number of aliphatic carboxylic acids is 1. The number of carboxylic acid groups (broad SMARTS) is 1. The third-order valence-electron chi connectivity index (χ3n) is 5.18. The van der Waals surface area contributed by atoms with Crippen LogP contribution in [0.4, 0.5) is 0 Å². The monoisotopic (exact) mass is 500 g/mol. The summed E-state index contributed by atoms with van der Waals surface area (Å²) in [7, 11) is 0. The maximum absolute atomic E-state index is 10.6. The van der Waals surface area contributed by atoms with Crippen molar-refractivity contribution in [3.8, 4) is 0 Å². The number of hydrogen-bond donors (Lipinski definition) is 13. The molecule has 11 unspecified atom stereocenters. The molecule has 194 valence electrons. The first kappa shape index (κ1) is 35.2. The summed E-state index contributed by atoms with van der Waals surface area (Å²) < 4.78 is 0. The zero-order chi connectivity index (χ0) is 25.2. The van der Waals surface area contributed by atoms with E-state index in [0.29, 0.717) is 25.7 Å². The van der Waals surface area contributed by atoms with E-state index < -0.39 is 73.1 Å². The molecule has 0 heterocycles. The Bertz CT molecular complexity index is 535. The molecule has 0 aromatic carbocycles. The molecule has 0 saturated heterocycles. The number of carbonyl (C=O) groups is 1. The van der Waals surface area contributed by atoms with Crippen molar-refractivity contribution in [1.82, 2.24) is 0 Å². The van der Waals surface area contributed by atoms with E-state index >= 15 is 0 Å². The van der Waals surface area contributed by atoms with E-state index in [4.69, 9.17) is 10.2 Å². The summed E-state index contributed by atoms with van der Waals surface area (Å²) in [6.07, 6.45) is -23.3. The second kappa shape index (κ2) is 17.4. The summed E-state index contributed by atoms with van der Waals surface area (Å²) in [5, 5.41) is 125. The quantitative estimate of drug-likeness (QED) is 0.0652. The Balaban J connectivity index is -0.00000480. The second-order valence-corrected chi connectivity index (χ2v) is 7.69. The molecule has 0 aliphatic heterocycles. The summed E-state index contributed by atoms with van der Waals surface area (Å²) in [5.41, 5.74) is 0. The Hall–Kier alpha value is -0.0100. The van der Waals surface area contributed by atoms with Crippen molar-refractivity contribution in [3.63, 3.8) is 0 Å². The van der Waals surface area contributed by atoms with Crippen LogP contribution in [0.5, 0.6) is 0 Å². The first-order chi connectivity index (χ1) is 14.8. The van der Waals surface area contributed by atoms with E-state index in [9.17, 15) is 61.0 Å². The number of hydrogen-bond acceptors (Lipinski definition) is 13. The molecule has 11 atom stereocenters. The summed E-state index contributed by atoms with van der Waals surface area (Å²) in [6, 6.07) is 0. The van der Waals surface area contributed by atoms with Gasteiger partial charge in [-0.3, -0.25) is 0 Å². The van der Waals surface area contributed by atoms with Crippen LogP contribution < -0.4 is 29.6 Å². The SMILES string of the molecule is O=C(O)C(O)C(O)C(O)C(O)C(O)C(O)C(O)C(O)C(O)C(O)C(O)CCCCCCO.[H-].[Na+]. The van der Waals surface area contributed by atoms with Crippen LogP contribution in [0.2, 0.25) is 0 Å². The van der Waals surface area contributed by atoms with Gasteiger partial charge in [-0.1, -0.05) is 19.3 Å². The minimum absolute atomic E-state index is 0. The van der Waals surface area contributed by atoms with Crippen LogP contribution in [0.3, 0.4) is 0 Å². The fourth-order valence-corrected chi connectivity index (χ4v) is 2.96. The summed E-state index contributed by atoms with van der Waals surface area (Å²) >= 11 is 0. The van der Waals surface area contributed by atoms with Gasteiger partial charge in [0, 0.05) is 6.61 Å². The van der Waals surface area contributed by atoms with Gasteiger partial charge in [0.15, 0.2) is 6.10 Å². The Morgan fingerprint density at radius 3 is 1.24 bits per heavy atom. The normalized spacial score (nSPS) is 21.9. The van der Waals surface area contributed by atoms with Crippen molar-refractivity contribution in [1.29, 1.82) is 0 Å². The van der Waals surface area contributed by atoms with Gasteiger partial charge in [0.05, 0.1) is 6.10 Å². The Morgan fingerprint density at radius 2 is 0.879 bits per heavy atom. The smallest absolute Gasteiger partial charge is 1.00 e. The maximum Gasteiger partial charge on any atom is 1.00 e. The van der Waals surface area contributed by atoms with Crippen LogP contribution in [0.1, 0.15) is 33.5 Å². The number of aliphatic hydroxyl groups is 12.